The number of para-hydroxylation sites is 1. The molecule has 2 N–H and O–H groups in total. The Balaban J connectivity index is 1.52. The summed E-state index contributed by atoms with van der Waals surface area (Å²) >= 11 is 24.3. The van der Waals surface area contributed by atoms with Crippen molar-refractivity contribution in [1.82, 2.24) is 0 Å². The van der Waals surface area contributed by atoms with Gasteiger partial charge in [0.25, 0.3) is 5.91 Å². The van der Waals surface area contributed by atoms with E-state index in [4.69, 9.17) is 46.4 Å². The molecule has 1 fully saturated rings. The predicted molar refractivity (Wildman–Crippen MR) is 126 cm³/mol. The molecule has 34 heavy (non-hydrogen) atoms. The zero-order valence-electron chi connectivity index (χ0n) is 16.8. The zero-order valence-corrected chi connectivity index (χ0v) is 19.8. The number of amides is 2. The first-order valence-electron chi connectivity index (χ1n) is 9.69. The van der Waals surface area contributed by atoms with E-state index in [1.807, 2.05) is 0 Å². The molecular formula is C23H13Cl4F3N2O2. The maximum atomic E-state index is 13.9. The summed E-state index contributed by atoms with van der Waals surface area (Å²) in [5.74, 6) is -5.69. The van der Waals surface area contributed by atoms with Gasteiger partial charge in [-0.3, -0.25) is 9.59 Å². The number of carbonyl (C=O) groups is 2. The summed E-state index contributed by atoms with van der Waals surface area (Å²) in [6, 6.07) is 11.1. The second kappa shape index (κ2) is 9.30. The van der Waals surface area contributed by atoms with E-state index in [9.17, 15) is 22.8 Å². The van der Waals surface area contributed by atoms with Gasteiger partial charge in [-0.25, -0.2) is 13.2 Å². The third-order valence-corrected chi connectivity index (χ3v) is 6.90. The number of hydrogen-bond donors (Lipinski definition) is 2. The number of rotatable bonds is 5. The Morgan fingerprint density at radius 3 is 2.12 bits per heavy atom. The van der Waals surface area contributed by atoms with E-state index in [0.29, 0.717) is 5.56 Å². The molecule has 0 spiro atoms. The molecule has 1 saturated carbocycles. The Kier molecular flexibility index (Phi) is 6.75. The minimum absolute atomic E-state index is 0.0165. The lowest BCUT2D eigenvalue weighted by Crippen LogP contribution is -2.18. The minimum Gasteiger partial charge on any atom is -0.326 e. The average molecular weight is 548 g/mol. The number of hydrogen-bond acceptors (Lipinski definition) is 2. The van der Waals surface area contributed by atoms with E-state index >= 15 is 0 Å². The molecule has 3 aromatic carbocycles. The molecule has 176 valence electrons. The summed E-state index contributed by atoms with van der Waals surface area (Å²) in [5, 5.41) is 4.61. The smallest absolute Gasteiger partial charge is 0.257 e. The van der Waals surface area contributed by atoms with Crippen LogP contribution in [0.1, 0.15) is 21.8 Å². The lowest BCUT2D eigenvalue weighted by Gasteiger charge is -2.11. The highest BCUT2D eigenvalue weighted by Gasteiger charge is 2.67. The average Bonchev–Trinajstić information content (AvgIpc) is 3.36. The van der Waals surface area contributed by atoms with E-state index in [1.165, 1.54) is 30.3 Å². The molecule has 4 rings (SSSR count). The van der Waals surface area contributed by atoms with Gasteiger partial charge in [-0.15, -0.1) is 23.2 Å². The highest BCUT2D eigenvalue weighted by atomic mass is 35.5. The van der Waals surface area contributed by atoms with E-state index in [1.54, 1.807) is 0 Å². The molecule has 0 heterocycles. The van der Waals surface area contributed by atoms with Crippen molar-refractivity contribution in [2.75, 3.05) is 10.6 Å². The zero-order chi connectivity index (χ0) is 24.8. The molecule has 0 bridgehead atoms. The lowest BCUT2D eigenvalue weighted by atomic mass is 10.1. The van der Waals surface area contributed by atoms with Crippen LogP contribution in [0.5, 0.6) is 0 Å². The van der Waals surface area contributed by atoms with Gasteiger partial charge in [0.2, 0.25) is 5.91 Å². The van der Waals surface area contributed by atoms with Crippen LogP contribution in [0.25, 0.3) is 0 Å². The number of alkyl halides is 2. The van der Waals surface area contributed by atoms with Crippen molar-refractivity contribution < 1.29 is 22.8 Å². The van der Waals surface area contributed by atoms with Gasteiger partial charge in [-0.2, -0.15) is 0 Å². The molecular weight excluding hydrogens is 535 g/mol. The summed E-state index contributed by atoms with van der Waals surface area (Å²) in [6.07, 6.45) is 0. The second-order valence-corrected chi connectivity index (χ2v) is 9.80. The van der Waals surface area contributed by atoms with Crippen LogP contribution >= 0.6 is 46.4 Å². The molecule has 2 unspecified atom stereocenters. The first kappa shape index (κ1) is 24.7. The third kappa shape index (κ3) is 4.70. The van der Waals surface area contributed by atoms with Crippen LogP contribution in [0, 0.1) is 23.4 Å². The number of benzene rings is 3. The molecule has 2 atom stereocenters. The van der Waals surface area contributed by atoms with Crippen molar-refractivity contribution in [2.24, 2.45) is 5.92 Å². The number of nitrogens with one attached hydrogen (secondary N) is 2. The fraction of sp³-hybridized carbons (Fsp3) is 0.130. The van der Waals surface area contributed by atoms with Gasteiger partial charge in [-0.1, -0.05) is 35.3 Å². The van der Waals surface area contributed by atoms with Gasteiger partial charge in [0, 0.05) is 11.6 Å². The number of anilines is 2. The SMILES string of the molecule is O=C(Nc1c(F)cccc1F)c1cc(NC(=O)C2C(c3ccc(Cl)c(F)c3)C2(Cl)Cl)ccc1Cl. The highest BCUT2D eigenvalue weighted by molar-refractivity contribution is 6.53. The molecule has 11 heteroatoms. The molecule has 4 nitrogen and oxygen atoms in total. The van der Waals surface area contributed by atoms with Crippen molar-refractivity contribution in [2.45, 2.75) is 10.3 Å². The van der Waals surface area contributed by atoms with Gasteiger partial charge in [-0.05, 0) is 48.0 Å². The van der Waals surface area contributed by atoms with E-state index in [-0.39, 0.29) is 21.3 Å². The Bertz CT molecular complexity index is 1300. The van der Waals surface area contributed by atoms with Crippen LogP contribution in [0.2, 0.25) is 10.0 Å². The molecule has 0 aromatic heterocycles. The van der Waals surface area contributed by atoms with Crippen molar-refractivity contribution in [1.29, 1.82) is 0 Å². The van der Waals surface area contributed by atoms with Crippen molar-refractivity contribution in [3.8, 4) is 0 Å². The van der Waals surface area contributed by atoms with E-state index in [2.05, 4.69) is 10.6 Å². The van der Waals surface area contributed by atoms with Crippen LogP contribution < -0.4 is 10.6 Å². The molecule has 2 amide bonds. The third-order valence-electron chi connectivity index (χ3n) is 5.32. The molecule has 1 aliphatic carbocycles. The maximum absolute atomic E-state index is 13.9. The molecule has 0 aliphatic heterocycles. The Morgan fingerprint density at radius 2 is 1.47 bits per heavy atom. The highest BCUT2D eigenvalue weighted by Crippen LogP contribution is 2.65. The number of halogens is 7. The molecule has 0 radical (unpaired) electrons. The van der Waals surface area contributed by atoms with Crippen LogP contribution in [-0.4, -0.2) is 16.1 Å². The van der Waals surface area contributed by atoms with Gasteiger partial charge in [0.1, 0.15) is 27.5 Å². The summed E-state index contributed by atoms with van der Waals surface area (Å²) in [7, 11) is 0. The first-order valence-corrected chi connectivity index (χ1v) is 11.2. The predicted octanol–water partition coefficient (Wildman–Crippen LogP) is 7.19. The van der Waals surface area contributed by atoms with Crippen LogP contribution in [-0.2, 0) is 4.79 Å². The van der Waals surface area contributed by atoms with Crippen molar-refractivity contribution in [3.63, 3.8) is 0 Å². The van der Waals surface area contributed by atoms with E-state index in [0.717, 1.165) is 24.3 Å². The fourth-order valence-electron chi connectivity index (χ4n) is 3.57. The normalized spacial score (nSPS) is 18.3. The quantitative estimate of drug-likeness (QED) is 0.332. The monoisotopic (exact) mass is 546 g/mol. The molecule has 0 saturated heterocycles. The Morgan fingerprint density at radius 1 is 0.824 bits per heavy atom. The standard InChI is InChI=1S/C23H13Cl4F3N2O2/c24-13-7-5-11(9-12(13)21(33)32-20-15(28)2-1-3-16(20)29)31-22(34)19-18(23(19,26)27)10-4-6-14(25)17(30)8-10/h1-9,18-19H,(H,31,34)(H,32,33). The lowest BCUT2D eigenvalue weighted by molar-refractivity contribution is -0.117. The number of carbonyl (C=O) groups excluding carboxylic acids is 2. The van der Waals surface area contributed by atoms with E-state index < -0.39 is 51.1 Å². The molecule has 3 aromatic rings. The second-order valence-electron chi connectivity index (χ2n) is 7.54. The van der Waals surface area contributed by atoms with Crippen LogP contribution in [0.3, 0.4) is 0 Å². The minimum atomic E-state index is -1.49. The van der Waals surface area contributed by atoms with Crippen molar-refractivity contribution >= 4 is 69.6 Å². The first-order chi connectivity index (χ1) is 16.0. The largest absolute Gasteiger partial charge is 0.326 e. The van der Waals surface area contributed by atoms with Gasteiger partial charge >= 0.3 is 0 Å². The summed E-state index contributed by atoms with van der Waals surface area (Å²) in [5.41, 5.74) is -0.221. The van der Waals surface area contributed by atoms with Crippen LogP contribution in [0.4, 0.5) is 24.5 Å². The van der Waals surface area contributed by atoms with Gasteiger partial charge in [0.05, 0.1) is 21.5 Å². The van der Waals surface area contributed by atoms with Gasteiger partial charge in [0.15, 0.2) is 0 Å². The Hall–Kier alpha value is -2.45. The summed E-state index contributed by atoms with van der Waals surface area (Å²) < 4.78 is 40.1. The van der Waals surface area contributed by atoms with Crippen LogP contribution in [0.15, 0.2) is 54.6 Å². The molecule has 1 aliphatic rings. The topological polar surface area (TPSA) is 58.2 Å². The summed E-state index contributed by atoms with van der Waals surface area (Å²) in [4.78, 5) is 25.4. The Labute approximate surface area is 211 Å². The fourth-order valence-corrected chi connectivity index (χ4v) is 4.72. The summed E-state index contributed by atoms with van der Waals surface area (Å²) in [6.45, 7) is 0. The van der Waals surface area contributed by atoms with Gasteiger partial charge < -0.3 is 10.6 Å². The van der Waals surface area contributed by atoms with Crippen molar-refractivity contribution in [3.05, 3.63) is 93.2 Å². The maximum Gasteiger partial charge on any atom is 0.257 e.